The van der Waals surface area contributed by atoms with E-state index in [9.17, 15) is 9.18 Å². The molecule has 0 unspecified atom stereocenters. The summed E-state index contributed by atoms with van der Waals surface area (Å²) in [6.45, 7) is 1.29. The lowest BCUT2D eigenvalue weighted by Crippen LogP contribution is -2.35. The molecule has 0 aromatic carbocycles. The van der Waals surface area contributed by atoms with Crippen LogP contribution >= 0.6 is 11.3 Å². The fraction of sp³-hybridized carbons (Fsp3) is 0.231. The molecule has 3 heterocycles. The number of aromatic nitrogens is 1. The van der Waals surface area contributed by atoms with Crippen molar-refractivity contribution in [2.24, 2.45) is 0 Å². The molecule has 1 amide bonds. The van der Waals surface area contributed by atoms with E-state index in [4.69, 9.17) is 0 Å². The molecule has 3 nitrogen and oxygen atoms in total. The lowest BCUT2D eigenvalue weighted by Gasteiger charge is -2.26. The van der Waals surface area contributed by atoms with E-state index in [-0.39, 0.29) is 5.91 Å². The van der Waals surface area contributed by atoms with E-state index in [0.29, 0.717) is 18.7 Å². The molecule has 2 aromatic rings. The minimum Gasteiger partial charge on any atom is -0.334 e. The predicted molar refractivity (Wildman–Crippen MR) is 67.0 cm³/mol. The average Bonchev–Trinajstić information content (AvgIpc) is 2.85. The number of nitrogens with zero attached hydrogens (tertiary/aromatic N) is 2. The number of rotatable bonds is 1. The fourth-order valence-electron chi connectivity index (χ4n) is 2.13. The Morgan fingerprint density at radius 2 is 2.33 bits per heavy atom. The third-order valence-electron chi connectivity index (χ3n) is 3.05. The van der Waals surface area contributed by atoms with Crippen molar-refractivity contribution >= 4 is 17.2 Å². The van der Waals surface area contributed by atoms with Gasteiger partial charge in [-0.1, -0.05) is 0 Å². The van der Waals surface area contributed by atoms with Crippen LogP contribution in [0.15, 0.2) is 29.9 Å². The molecule has 1 aliphatic heterocycles. The van der Waals surface area contributed by atoms with Gasteiger partial charge in [-0.3, -0.25) is 9.78 Å². The molecule has 0 aliphatic carbocycles. The topological polar surface area (TPSA) is 33.2 Å². The Bertz CT molecular complexity index is 596. The fourth-order valence-corrected chi connectivity index (χ4v) is 3.02. The van der Waals surface area contributed by atoms with Gasteiger partial charge in [-0.2, -0.15) is 0 Å². The molecule has 3 rings (SSSR count). The lowest BCUT2D eigenvalue weighted by molar-refractivity contribution is 0.0735. The summed E-state index contributed by atoms with van der Waals surface area (Å²) < 4.78 is 13.1. The van der Waals surface area contributed by atoms with Gasteiger partial charge in [0.1, 0.15) is 5.82 Å². The van der Waals surface area contributed by atoms with E-state index in [1.807, 2.05) is 11.4 Å². The zero-order chi connectivity index (χ0) is 12.5. The SMILES string of the molecule is O=C(c1cncc(F)c1)N1CCc2sccc2C1. The van der Waals surface area contributed by atoms with Gasteiger partial charge >= 0.3 is 0 Å². The molecule has 0 spiro atoms. The highest BCUT2D eigenvalue weighted by Crippen LogP contribution is 2.24. The highest BCUT2D eigenvalue weighted by Gasteiger charge is 2.22. The molecule has 0 N–H and O–H groups in total. The third kappa shape index (κ3) is 2.01. The maximum atomic E-state index is 13.1. The number of carbonyl (C=O) groups excluding carboxylic acids is 1. The maximum absolute atomic E-state index is 13.1. The predicted octanol–water partition coefficient (Wildman–Crippen LogP) is 2.48. The molecule has 0 saturated heterocycles. The summed E-state index contributed by atoms with van der Waals surface area (Å²) in [7, 11) is 0. The van der Waals surface area contributed by atoms with Gasteiger partial charge in [-0.15, -0.1) is 11.3 Å². The van der Waals surface area contributed by atoms with E-state index in [1.165, 1.54) is 22.7 Å². The molecule has 18 heavy (non-hydrogen) atoms. The van der Waals surface area contributed by atoms with Crippen LogP contribution in [-0.4, -0.2) is 22.3 Å². The summed E-state index contributed by atoms with van der Waals surface area (Å²) in [4.78, 5) is 19.0. The number of thiophene rings is 1. The summed E-state index contributed by atoms with van der Waals surface area (Å²) in [6.07, 6.45) is 3.39. The van der Waals surface area contributed by atoms with E-state index in [0.717, 1.165) is 12.6 Å². The van der Waals surface area contributed by atoms with Gasteiger partial charge in [0.15, 0.2) is 0 Å². The van der Waals surface area contributed by atoms with Crippen molar-refractivity contribution in [2.45, 2.75) is 13.0 Å². The standard InChI is InChI=1S/C13H11FN2OS/c14-11-5-10(6-15-7-11)13(17)16-3-1-12-9(8-16)2-4-18-12/h2,4-7H,1,3,8H2. The van der Waals surface area contributed by atoms with E-state index < -0.39 is 5.82 Å². The first-order valence-electron chi connectivity index (χ1n) is 5.69. The maximum Gasteiger partial charge on any atom is 0.255 e. The van der Waals surface area contributed by atoms with Crippen LogP contribution in [0.25, 0.3) is 0 Å². The van der Waals surface area contributed by atoms with E-state index in [1.54, 1.807) is 16.2 Å². The Hall–Kier alpha value is -1.75. The second kappa shape index (κ2) is 4.49. The number of fused-ring (bicyclic) bond motifs is 1. The summed E-state index contributed by atoms with van der Waals surface area (Å²) in [5, 5.41) is 2.04. The molecular formula is C13H11FN2OS. The molecule has 0 fully saturated rings. The second-order valence-electron chi connectivity index (χ2n) is 4.24. The number of halogens is 1. The van der Waals surface area contributed by atoms with Gasteiger partial charge in [-0.25, -0.2) is 4.39 Å². The first-order chi connectivity index (χ1) is 8.74. The van der Waals surface area contributed by atoms with Gasteiger partial charge in [-0.05, 0) is 29.5 Å². The smallest absolute Gasteiger partial charge is 0.255 e. The molecule has 0 radical (unpaired) electrons. The monoisotopic (exact) mass is 262 g/mol. The van der Waals surface area contributed by atoms with Crippen LogP contribution in [0, 0.1) is 5.82 Å². The molecule has 92 valence electrons. The van der Waals surface area contributed by atoms with Crippen molar-refractivity contribution in [1.29, 1.82) is 0 Å². The van der Waals surface area contributed by atoms with Crippen LogP contribution in [0.1, 0.15) is 20.8 Å². The zero-order valence-electron chi connectivity index (χ0n) is 9.60. The Morgan fingerprint density at radius 1 is 1.44 bits per heavy atom. The van der Waals surface area contributed by atoms with Gasteiger partial charge in [0.25, 0.3) is 5.91 Å². The van der Waals surface area contributed by atoms with Crippen LogP contribution in [-0.2, 0) is 13.0 Å². The molecule has 0 saturated carbocycles. The van der Waals surface area contributed by atoms with Gasteiger partial charge in [0.05, 0.1) is 11.8 Å². The van der Waals surface area contributed by atoms with Gasteiger partial charge < -0.3 is 4.90 Å². The Labute approximate surface area is 108 Å². The second-order valence-corrected chi connectivity index (χ2v) is 5.24. The summed E-state index contributed by atoms with van der Waals surface area (Å²) in [6, 6.07) is 3.28. The molecule has 5 heteroatoms. The summed E-state index contributed by atoms with van der Waals surface area (Å²) >= 11 is 1.73. The highest BCUT2D eigenvalue weighted by atomic mass is 32.1. The Kier molecular flexibility index (Phi) is 2.83. The molecule has 2 aromatic heterocycles. The number of amides is 1. The zero-order valence-corrected chi connectivity index (χ0v) is 10.4. The van der Waals surface area contributed by atoms with Crippen molar-refractivity contribution in [1.82, 2.24) is 9.88 Å². The summed E-state index contributed by atoms with van der Waals surface area (Å²) in [5.74, 6) is -0.632. The Morgan fingerprint density at radius 3 is 3.17 bits per heavy atom. The van der Waals surface area contributed by atoms with Crippen LogP contribution in [0.2, 0.25) is 0 Å². The largest absolute Gasteiger partial charge is 0.334 e. The van der Waals surface area contributed by atoms with Crippen molar-refractivity contribution in [3.05, 3.63) is 51.7 Å². The summed E-state index contributed by atoms with van der Waals surface area (Å²) in [5.41, 5.74) is 1.51. The normalized spacial score (nSPS) is 14.4. The van der Waals surface area contributed by atoms with Crippen LogP contribution in [0.5, 0.6) is 0 Å². The van der Waals surface area contributed by atoms with E-state index >= 15 is 0 Å². The average molecular weight is 262 g/mol. The third-order valence-corrected chi connectivity index (χ3v) is 4.07. The van der Waals surface area contributed by atoms with E-state index in [2.05, 4.69) is 4.98 Å². The Balaban J connectivity index is 1.83. The molecule has 0 bridgehead atoms. The molecule has 0 atom stereocenters. The minimum atomic E-state index is -0.478. The quantitative estimate of drug-likeness (QED) is 0.791. The van der Waals surface area contributed by atoms with Crippen molar-refractivity contribution in [3.8, 4) is 0 Å². The number of hydrogen-bond donors (Lipinski definition) is 0. The minimum absolute atomic E-state index is 0.154. The number of hydrogen-bond acceptors (Lipinski definition) is 3. The van der Waals surface area contributed by atoms with Gasteiger partial charge in [0, 0.05) is 24.2 Å². The van der Waals surface area contributed by atoms with Gasteiger partial charge in [0.2, 0.25) is 0 Å². The first kappa shape index (κ1) is 11.3. The first-order valence-corrected chi connectivity index (χ1v) is 6.57. The number of pyridine rings is 1. The number of carbonyl (C=O) groups is 1. The van der Waals surface area contributed by atoms with Crippen LogP contribution < -0.4 is 0 Å². The molecule has 1 aliphatic rings. The molecular weight excluding hydrogens is 251 g/mol. The lowest BCUT2D eigenvalue weighted by atomic mass is 10.1. The van der Waals surface area contributed by atoms with Crippen LogP contribution in [0.4, 0.5) is 4.39 Å². The van der Waals surface area contributed by atoms with Crippen molar-refractivity contribution in [3.63, 3.8) is 0 Å². The highest BCUT2D eigenvalue weighted by molar-refractivity contribution is 7.10. The van der Waals surface area contributed by atoms with Crippen LogP contribution in [0.3, 0.4) is 0 Å². The van der Waals surface area contributed by atoms with Crippen molar-refractivity contribution < 1.29 is 9.18 Å². The van der Waals surface area contributed by atoms with Crippen molar-refractivity contribution in [2.75, 3.05) is 6.54 Å².